The Morgan fingerprint density at radius 2 is 1.67 bits per heavy atom. The van der Waals surface area contributed by atoms with E-state index in [4.69, 9.17) is 15.0 Å². The molecule has 0 aliphatic heterocycles. The van der Waals surface area contributed by atoms with Crippen LogP contribution in [0.25, 0.3) is 0 Å². The number of hydrogen-bond donors (Lipinski definition) is 3. The van der Waals surface area contributed by atoms with E-state index >= 15 is 0 Å². The number of aromatic hydroxyl groups is 1. The van der Waals surface area contributed by atoms with Gasteiger partial charge in [0.05, 0.1) is 5.56 Å². The van der Waals surface area contributed by atoms with Crippen LogP contribution in [-0.2, 0) is 6.42 Å². The standard InChI is InChI=1S/C15H22O2.CH2O3/c1-2-3-4-5-6-7-8-13-9-10-15(17)14(11-13)12-16;2-1(3)4/h9-12,17H,2-8H2,1H3;(H2,2,3,4). The van der Waals surface area contributed by atoms with E-state index in [2.05, 4.69) is 6.92 Å². The lowest BCUT2D eigenvalue weighted by Crippen LogP contribution is -1.89. The van der Waals surface area contributed by atoms with E-state index in [1.54, 1.807) is 12.1 Å². The Hall–Kier alpha value is -2.04. The number of rotatable bonds is 8. The Labute approximate surface area is 125 Å². The topological polar surface area (TPSA) is 94.8 Å². The molecule has 0 amide bonds. The van der Waals surface area contributed by atoms with E-state index in [9.17, 15) is 9.90 Å². The number of carbonyl (C=O) groups excluding carboxylic acids is 1. The van der Waals surface area contributed by atoms with E-state index < -0.39 is 6.16 Å². The molecule has 0 unspecified atom stereocenters. The molecule has 5 nitrogen and oxygen atoms in total. The Balaban J connectivity index is 0.000000885. The lowest BCUT2D eigenvalue weighted by molar-refractivity contribution is 0.112. The molecule has 0 saturated heterocycles. The fourth-order valence-electron chi connectivity index (χ4n) is 1.96. The van der Waals surface area contributed by atoms with Crippen molar-refractivity contribution in [3.8, 4) is 5.75 Å². The molecule has 0 heterocycles. The van der Waals surface area contributed by atoms with Crippen molar-refractivity contribution in [3.63, 3.8) is 0 Å². The van der Waals surface area contributed by atoms with Gasteiger partial charge in [-0.3, -0.25) is 4.79 Å². The molecule has 0 saturated carbocycles. The van der Waals surface area contributed by atoms with Crippen molar-refractivity contribution >= 4 is 12.4 Å². The molecule has 0 spiro atoms. The number of aldehydes is 1. The number of benzene rings is 1. The predicted octanol–water partition coefficient (Wildman–Crippen LogP) is 4.33. The van der Waals surface area contributed by atoms with Gasteiger partial charge in [0.25, 0.3) is 0 Å². The second-order valence-electron chi connectivity index (χ2n) is 4.81. The number of phenols is 1. The van der Waals surface area contributed by atoms with Crippen LogP contribution in [0.2, 0.25) is 0 Å². The van der Waals surface area contributed by atoms with Gasteiger partial charge in [-0.25, -0.2) is 4.79 Å². The fourth-order valence-corrected chi connectivity index (χ4v) is 1.96. The maximum Gasteiger partial charge on any atom is 0.503 e. The zero-order valence-corrected chi connectivity index (χ0v) is 12.4. The monoisotopic (exact) mass is 296 g/mol. The number of phenolic OH excluding ortho intramolecular Hbond substituents is 1. The molecule has 1 rings (SSSR count). The van der Waals surface area contributed by atoms with Crippen LogP contribution in [-0.4, -0.2) is 27.8 Å². The molecule has 1 aromatic carbocycles. The van der Waals surface area contributed by atoms with Gasteiger partial charge in [-0.1, -0.05) is 45.1 Å². The lowest BCUT2D eigenvalue weighted by atomic mass is 10.0. The van der Waals surface area contributed by atoms with Crippen LogP contribution in [0.5, 0.6) is 5.75 Å². The van der Waals surface area contributed by atoms with Gasteiger partial charge >= 0.3 is 6.16 Å². The first-order valence-corrected chi connectivity index (χ1v) is 7.20. The fraction of sp³-hybridized carbons (Fsp3) is 0.500. The molecular formula is C16H24O5. The summed E-state index contributed by atoms with van der Waals surface area (Å²) in [6.07, 6.45) is 7.50. The van der Waals surface area contributed by atoms with Crippen LogP contribution in [0.4, 0.5) is 4.79 Å². The number of carboxylic acid groups (broad SMARTS) is 2. The van der Waals surface area contributed by atoms with Gasteiger partial charge in [0.1, 0.15) is 5.75 Å². The van der Waals surface area contributed by atoms with Crippen LogP contribution >= 0.6 is 0 Å². The molecule has 0 bridgehead atoms. The van der Waals surface area contributed by atoms with Crippen molar-refractivity contribution in [2.45, 2.75) is 51.9 Å². The van der Waals surface area contributed by atoms with Crippen molar-refractivity contribution in [1.29, 1.82) is 0 Å². The summed E-state index contributed by atoms with van der Waals surface area (Å²) in [7, 11) is 0. The second kappa shape index (κ2) is 11.8. The molecule has 21 heavy (non-hydrogen) atoms. The minimum absolute atomic E-state index is 0.0756. The second-order valence-corrected chi connectivity index (χ2v) is 4.81. The molecule has 0 radical (unpaired) electrons. The molecule has 3 N–H and O–H groups in total. The highest BCUT2D eigenvalue weighted by atomic mass is 16.6. The van der Waals surface area contributed by atoms with E-state index in [1.807, 2.05) is 6.07 Å². The summed E-state index contributed by atoms with van der Waals surface area (Å²) in [6.45, 7) is 2.22. The summed E-state index contributed by atoms with van der Waals surface area (Å²) >= 11 is 0. The highest BCUT2D eigenvalue weighted by Gasteiger charge is 2.01. The Bertz CT molecular complexity index is 425. The molecule has 0 atom stereocenters. The third kappa shape index (κ3) is 10.4. The third-order valence-electron chi connectivity index (χ3n) is 3.04. The van der Waals surface area contributed by atoms with Gasteiger partial charge in [-0.15, -0.1) is 0 Å². The Kier molecular flexibility index (Phi) is 10.6. The van der Waals surface area contributed by atoms with Gasteiger partial charge in [0.2, 0.25) is 0 Å². The smallest absolute Gasteiger partial charge is 0.503 e. The molecule has 0 fully saturated rings. The number of unbranched alkanes of at least 4 members (excludes halogenated alkanes) is 5. The van der Waals surface area contributed by atoms with Crippen LogP contribution in [0.3, 0.4) is 0 Å². The zero-order valence-electron chi connectivity index (χ0n) is 12.4. The van der Waals surface area contributed by atoms with Crippen LogP contribution in [0, 0.1) is 0 Å². The number of aryl methyl sites for hydroxylation is 1. The lowest BCUT2D eigenvalue weighted by Gasteiger charge is -2.04. The van der Waals surface area contributed by atoms with E-state index in [0.717, 1.165) is 18.4 Å². The average molecular weight is 296 g/mol. The number of hydrogen-bond acceptors (Lipinski definition) is 3. The molecule has 0 aliphatic carbocycles. The normalized spacial score (nSPS) is 9.57. The van der Waals surface area contributed by atoms with E-state index in [-0.39, 0.29) is 5.75 Å². The highest BCUT2D eigenvalue weighted by Crippen LogP contribution is 2.18. The Morgan fingerprint density at radius 3 is 2.24 bits per heavy atom. The maximum atomic E-state index is 10.7. The van der Waals surface area contributed by atoms with E-state index in [1.165, 1.54) is 32.1 Å². The van der Waals surface area contributed by atoms with Gasteiger partial charge in [0, 0.05) is 0 Å². The minimum Gasteiger partial charge on any atom is -0.507 e. The molecule has 118 valence electrons. The third-order valence-corrected chi connectivity index (χ3v) is 3.04. The molecule has 5 heteroatoms. The van der Waals surface area contributed by atoms with Crippen LogP contribution in [0.15, 0.2) is 18.2 Å². The predicted molar refractivity (Wildman–Crippen MR) is 81.2 cm³/mol. The van der Waals surface area contributed by atoms with E-state index in [0.29, 0.717) is 11.8 Å². The first-order valence-electron chi connectivity index (χ1n) is 7.20. The first-order chi connectivity index (χ1) is 10.0. The maximum absolute atomic E-state index is 10.7. The average Bonchev–Trinajstić information content (AvgIpc) is 2.43. The van der Waals surface area contributed by atoms with Crippen molar-refractivity contribution in [2.75, 3.05) is 0 Å². The quantitative estimate of drug-likeness (QED) is 0.490. The van der Waals surface area contributed by atoms with Gasteiger partial charge < -0.3 is 15.3 Å². The highest BCUT2D eigenvalue weighted by molar-refractivity contribution is 5.79. The summed E-state index contributed by atoms with van der Waals surface area (Å²) < 4.78 is 0. The SMILES string of the molecule is CCCCCCCCc1ccc(O)c(C=O)c1.O=C(O)O. The van der Waals surface area contributed by atoms with Crippen molar-refractivity contribution < 1.29 is 24.9 Å². The van der Waals surface area contributed by atoms with Gasteiger partial charge in [-0.05, 0) is 30.5 Å². The summed E-state index contributed by atoms with van der Waals surface area (Å²) in [5.74, 6) is 0.0756. The van der Waals surface area contributed by atoms with Crippen molar-refractivity contribution in [2.24, 2.45) is 0 Å². The zero-order chi connectivity index (χ0) is 16.1. The largest absolute Gasteiger partial charge is 0.507 e. The van der Waals surface area contributed by atoms with Gasteiger partial charge in [0.15, 0.2) is 6.29 Å². The summed E-state index contributed by atoms with van der Waals surface area (Å²) in [5.41, 5.74) is 1.54. The molecule has 1 aromatic rings. The van der Waals surface area contributed by atoms with Crippen molar-refractivity contribution in [3.05, 3.63) is 29.3 Å². The summed E-state index contributed by atoms with van der Waals surface area (Å²) in [4.78, 5) is 19.2. The van der Waals surface area contributed by atoms with Crippen LogP contribution in [0.1, 0.15) is 61.4 Å². The number of carbonyl (C=O) groups is 2. The van der Waals surface area contributed by atoms with Crippen molar-refractivity contribution in [1.82, 2.24) is 0 Å². The summed E-state index contributed by atoms with van der Waals surface area (Å²) in [5, 5.41) is 23.3. The van der Waals surface area contributed by atoms with Crippen LogP contribution < -0.4 is 0 Å². The molecule has 0 aromatic heterocycles. The summed E-state index contributed by atoms with van der Waals surface area (Å²) in [6, 6.07) is 5.29. The minimum atomic E-state index is -1.83. The molecular weight excluding hydrogens is 272 g/mol. The van der Waals surface area contributed by atoms with Gasteiger partial charge in [-0.2, -0.15) is 0 Å². The molecule has 0 aliphatic rings. The first kappa shape index (κ1) is 19.0. The Morgan fingerprint density at radius 1 is 1.10 bits per heavy atom.